The number of nitrogens with two attached hydrogens (primary N) is 1. The van der Waals surface area contributed by atoms with Crippen molar-refractivity contribution < 1.29 is 66.1 Å². The number of aliphatic hydroxyl groups excluding tert-OH is 2. The van der Waals surface area contributed by atoms with E-state index in [1.54, 1.807) is 85.7 Å². The molecule has 5 N–H and O–H groups in total. The number of carbonyl (C=O) groups excluding carboxylic acids is 4. The number of rotatable bonds is 14. The number of benzene rings is 2. The Labute approximate surface area is 431 Å². The molecule has 3 fully saturated rings. The number of Topliss-reactive ketones (excluding diaryl/α,β-unsaturated/α-hetero) is 1. The summed E-state index contributed by atoms with van der Waals surface area (Å²) < 4.78 is 65.8. The van der Waals surface area contributed by atoms with Crippen LogP contribution in [0.4, 0.5) is 18.8 Å². The van der Waals surface area contributed by atoms with Gasteiger partial charge >= 0.3 is 18.0 Å². The van der Waals surface area contributed by atoms with Gasteiger partial charge in [-0.25, -0.2) is 18.8 Å². The van der Waals surface area contributed by atoms with Gasteiger partial charge in [-0.05, 0) is 104 Å². The topological polar surface area (TPSA) is 239 Å². The first-order valence-electron chi connectivity index (χ1n) is 24.7. The molecule has 1 amide bonds. The molecule has 3 aromatic rings. The Morgan fingerprint density at radius 3 is 2.33 bits per heavy atom. The predicted octanol–water partition coefficient (Wildman–Crippen LogP) is 5.42. The zero-order chi connectivity index (χ0) is 54.0. The quantitative estimate of drug-likeness (QED) is 0.0518. The van der Waals surface area contributed by atoms with Crippen molar-refractivity contribution >= 4 is 41.7 Å². The van der Waals surface area contributed by atoms with Gasteiger partial charge in [0.2, 0.25) is 0 Å². The number of anilines is 1. The first kappa shape index (κ1) is 59.1. The molecule has 4 heterocycles. The minimum Gasteiger partial charge on any atom is -0.459 e. The highest BCUT2D eigenvalue weighted by atomic mass is 32.2. The lowest BCUT2D eigenvalue weighted by molar-refractivity contribution is -0.319. The van der Waals surface area contributed by atoms with Crippen LogP contribution >= 0.6 is 12.1 Å². The van der Waals surface area contributed by atoms with Crippen molar-refractivity contribution in [3.63, 3.8) is 0 Å². The summed E-state index contributed by atoms with van der Waals surface area (Å²) >= 11 is 0.250. The van der Waals surface area contributed by atoms with E-state index in [2.05, 4.69) is 15.6 Å². The Bertz CT molecular complexity index is 2300. The van der Waals surface area contributed by atoms with Crippen LogP contribution in [0.2, 0.25) is 0 Å². The number of halogens is 2. The largest absolute Gasteiger partial charge is 0.459 e. The minimum absolute atomic E-state index is 0.107. The summed E-state index contributed by atoms with van der Waals surface area (Å²) in [7, 11) is 4.69. The Morgan fingerprint density at radius 2 is 1.70 bits per heavy atom. The molecule has 0 aliphatic carbocycles. The molecule has 3 saturated heterocycles. The number of aliphatic hydroxyl groups is 2. The fourth-order valence-electron chi connectivity index (χ4n) is 10.4. The number of ketones is 1. The number of ether oxygens (including phenoxy) is 6. The van der Waals surface area contributed by atoms with E-state index in [1.165, 1.54) is 20.3 Å². The van der Waals surface area contributed by atoms with Crippen LogP contribution in [0.15, 0.2) is 60.8 Å². The molecule has 3 aliphatic rings. The highest BCUT2D eigenvalue weighted by Crippen LogP contribution is 2.41. The molecule has 19 nitrogen and oxygen atoms in total. The number of esters is 2. The van der Waals surface area contributed by atoms with E-state index in [1.807, 2.05) is 38.2 Å². The number of carbonyl (C=O) groups is 4. The maximum atomic E-state index is 17.2. The van der Waals surface area contributed by atoms with Crippen LogP contribution < -0.4 is 11.1 Å². The fourth-order valence-corrected chi connectivity index (χ4v) is 10.4. The van der Waals surface area contributed by atoms with Crippen molar-refractivity contribution in [2.75, 3.05) is 52.9 Å². The van der Waals surface area contributed by atoms with Crippen LogP contribution in [0.25, 0.3) is 11.3 Å². The van der Waals surface area contributed by atoms with Crippen LogP contribution in [0.5, 0.6) is 0 Å². The molecule has 3 aliphatic heterocycles. The standard InChI is InChI=1S/C50H72FN7O12.CH3FS/c1-11-37-50(7)41(58(47(64)70-50)23-16-15-22-57-27-35(54-55-57)33-20-17-21-34(52)24-33)31(4)53-26-29(2)25-48(5,65-10)43(30(3)42(61)49(6,51)46(63)68-37)69-45-40(60)38(56(8)9)39(59)36(67-45)28-66-44(62)32-18-13-12-14-19-32;1-3-2/h12-14,17-21,24,27,29-31,36-41,43,45,53,59-60H,11,15-16,22-23,25-26,28,52H2,1-10H3;1H3/t29-,30+,31-,36?,37-,38?,39-,40?,41-,43-,45+,48-,49+,50-;/m1./s1. The van der Waals surface area contributed by atoms with Crippen LogP contribution in [0.1, 0.15) is 84.5 Å². The number of methoxy groups -OCH3 is 1. The van der Waals surface area contributed by atoms with Gasteiger partial charge in [0.05, 0.1) is 35.5 Å². The van der Waals surface area contributed by atoms with Gasteiger partial charge in [-0.3, -0.25) is 14.4 Å². The van der Waals surface area contributed by atoms with Crippen molar-refractivity contribution in [1.82, 2.24) is 30.1 Å². The Morgan fingerprint density at radius 1 is 1.03 bits per heavy atom. The number of cyclic esters (lactones) is 1. The summed E-state index contributed by atoms with van der Waals surface area (Å²) in [5, 5.41) is 35.4. The monoisotopic (exact) mass is 1050 g/mol. The number of hydrogen-bond acceptors (Lipinski definition) is 18. The first-order chi connectivity index (χ1) is 34.5. The van der Waals surface area contributed by atoms with Crippen LogP contribution in [-0.2, 0) is 44.6 Å². The molecule has 3 unspecified atom stereocenters. The Balaban J connectivity index is 0.00000321. The third kappa shape index (κ3) is 13.7. The second kappa shape index (κ2) is 25.6. The zero-order valence-electron chi connectivity index (χ0n) is 43.7. The fraction of sp³-hybridized carbons (Fsp3) is 0.647. The predicted molar refractivity (Wildman–Crippen MR) is 269 cm³/mol. The molecule has 0 radical (unpaired) electrons. The maximum Gasteiger partial charge on any atom is 0.410 e. The zero-order valence-corrected chi connectivity index (χ0v) is 44.6. The summed E-state index contributed by atoms with van der Waals surface area (Å²) in [6.07, 6.45) is -4.23. The van der Waals surface area contributed by atoms with Crippen molar-refractivity contribution in [3.05, 3.63) is 66.4 Å². The molecule has 6 rings (SSSR count). The highest BCUT2D eigenvalue weighted by molar-refractivity contribution is 7.93. The van der Waals surface area contributed by atoms with Gasteiger partial charge in [0.25, 0.3) is 5.67 Å². The lowest BCUT2D eigenvalue weighted by atomic mass is 9.78. The number of alkyl halides is 1. The summed E-state index contributed by atoms with van der Waals surface area (Å²) in [5.41, 5.74) is 2.20. The number of nitrogens with one attached hydrogen (secondary N) is 1. The molecule has 1 aromatic heterocycles. The third-order valence-corrected chi connectivity index (χ3v) is 14.2. The van der Waals surface area contributed by atoms with Gasteiger partial charge in [0, 0.05) is 61.8 Å². The van der Waals surface area contributed by atoms with Crippen molar-refractivity contribution in [2.45, 2.75) is 153 Å². The number of fused-ring (bicyclic) bond motifs is 1. The van der Waals surface area contributed by atoms with E-state index in [9.17, 15) is 33.3 Å². The highest BCUT2D eigenvalue weighted by Gasteiger charge is 2.60. The molecule has 14 atom stereocenters. The van der Waals surface area contributed by atoms with Gasteiger partial charge in [0.15, 0.2) is 17.7 Å². The second-order valence-corrected chi connectivity index (χ2v) is 20.3. The van der Waals surface area contributed by atoms with Gasteiger partial charge in [-0.1, -0.05) is 56.3 Å². The van der Waals surface area contributed by atoms with Gasteiger partial charge in [0.1, 0.15) is 36.7 Å². The lowest BCUT2D eigenvalue weighted by Crippen LogP contribution is -2.65. The van der Waals surface area contributed by atoms with E-state index in [0.29, 0.717) is 37.3 Å². The van der Waals surface area contributed by atoms with Crippen molar-refractivity contribution in [2.24, 2.45) is 11.8 Å². The molecular formula is C51H75F2N7O12S. The molecular weight excluding hydrogens is 973 g/mol. The van der Waals surface area contributed by atoms with Crippen molar-refractivity contribution in [1.29, 1.82) is 0 Å². The SMILES string of the molecule is CC[C@H]1OC(=O)[C@@](C)(F)C(=O)[C@H](C)[C@@H](O[C@@H]2OC(COC(=O)c3ccccc3)[C@@H](O)C(N(C)C)C2O)[C@](C)(OC)C[C@@H](C)CN[C@H](C)[C@H]2N(CCCCn3cc(-c4cccc(N)c4)nn3)C(=O)O[C@]12C.CSF. The van der Waals surface area contributed by atoms with Gasteiger partial charge < -0.3 is 54.6 Å². The van der Waals surface area contributed by atoms with Crippen LogP contribution in [0, 0.1) is 11.8 Å². The second-order valence-electron chi connectivity index (χ2n) is 20.0. The molecule has 22 heteroatoms. The first-order valence-corrected chi connectivity index (χ1v) is 25.8. The molecule has 2 aromatic carbocycles. The normalized spacial score (nSPS) is 33.4. The number of likely N-dealkylation sites (N-methyl/N-ethyl adjacent to an activating group) is 1. The van der Waals surface area contributed by atoms with Crippen molar-refractivity contribution in [3.8, 4) is 11.3 Å². The van der Waals surface area contributed by atoms with E-state index in [0.717, 1.165) is 12.5 Å². The number of hydrogen-bond donors (Lipinski definition) is 4. The number of aryl methyl sites for hydroxylation is 1. The van der Waals surface area contributed by atoms with E-state index >= 15 is 4.39 Å². The number of amides is 1. The van der Waals surface area contributed by atoms with Gasteiger partial charge in [-0.2, -0.15) is 3.89 Å². The molecule has 406 valence electrons. The molecule has 0 bridgehead atoms. The van der Waals surface area contributed by atoms with E-state index in [-0.39, 0.29) is 43.0 Å². The summed E-state index contributed by atoms with van der Waals surface area (Å²) in [4.78, 5) is 58.8. The maximum absolute atomic E-state index is 17.2. The number of nitrogen functional groups attached to an aromatic ring is 1. The molecule has 0 saturated carbocycles. The summed E-state index contributed by atoms with van der Waals surface area (Å²) in [5.74, 6) is -5.03. The number of nitrogens with zero attached hydrogens (tertiary/aromatic N) is 5. The minimum atomic E-state index is -3.26. The number of unbranched alkanes of at least 4 members (excludes halogenated alkanes) is 1. The smallest absolute Gasteiger partial charge is 0.410 e. The summed E-state index contributed by atoms with van der Waals surface area (Å²) in [6, 6.07) is 13.4. The number of aromatic nitrogens is 3. The molecule has 73 heavy (non-hydrogen) atoms. The lowest BCUT2D eigenvalue weighted by Gasteiger charge is -2.48. The van der Waals surface area contributed by atoms with Gasteiger partial charge in [-0.15, -0.1) is 5.10 Å². The molecule has 0 spiro atoms. The average molecular weight is 1050 g/mol. The third-order valence-electron chi connectivity index (χ3n) is 14.2. The Hall–Kier alpha value is -4.81. The van der Waals surface area contributed by atoms with Crippen LogP contribution in [0.3, 0.4) is 0 Å². The summed E-state index contributed by atoms with van der Waals surface area (Å²) in [6.45, 7) is 11.9. The Kier molecular flexibility index (Phi) is 20.7. The van der Waals surface area contributed by atoms with Crippen LogP contribution in [-0.4, -0.2) is 178 Å². The van der Waals surface area contributed by atoms with E-state index in [4.69, 9.17) is 34.2 Å². The average Bonchev–Trinajstić information content (AvgIpc) is 3.93. The van der Waals surface area contributed by atoms with E-state index < -0.39 is 108 Å².